The molecule has 1 aromatic rings. The Hall–Kier alpha value is -5.87. The van der Waals surface area contributed by atoms with Gasteiger partial charge in [0.2, 0.25) is 47.3 Å². The number of nitrogens with one attached hydrogen (secondary N) is 6. The number of carboxylic acids is 1. The summed E-state index contributed by atoms with van der Waals surface area (Å²) in [6, 6.07) is -3.09. The molecule has 22 heteroatoms. The molecule has 10 atom stereocenters. The van der Waals surface area contributed by atoms with E-state index >= 15 is 0 Å². The molecule has 0 unspecified atom stereocenters. The Morgan fingerprint density at radius 1 is 0.735 bits per heavy atom. The number of rotatable bonds is 26. The van der Waals surface area contributed by atoms with Crippen LogP contribution in [0.4, 0.5) is 0 Å². The Bertz CT molecular complexity index is 1920. The number of phenolic OH excluding ortho intramolecular Hbond substituents is 1. The van der Waals surface area contributed by atoms with Crippen molar-refractivity contribution in [3.63, 3.8) is 0 Å². The Morgan fingerprint density at radius 2 is 1.32 bits per heavy atom. The van der Waals surface area contributed by atoms with E-state index in [-0.39, 0.29) is 56.9 Å². The van der Waals surface area contributed by atoms with Gasteiger partial charge in [0.05, 0.1) is 12.6 Å². The van der Waals surface area contributed by atoms with Gasteiger partial charge in [-0.1, -0.05) is 46.2 Å². The number of aliphatic carboxylic acids is 1. The van der Waals surface area contributed by atoms with Gasteiger partial charge in [0.25, 0.3) is 0 Å². The van der Waals surface area contributed by atoms with Crippen molar-refractivity contribution >= 4 is 53.2 Å². The number of unbranched alkanes of at least 4 members (excludes halogenated alkanes) is 1. The molecule has 2 aliphatic rings. The highest BCUT2D eigenvalue weighted by Crippen LogP contribution is 2.23. The van der Waals surface area contributed by atoms with Crippen LogP contribution < -0.4 is 43.4 Å². The SMILES string of the molecule is CC[C@H](C)[C@H](NC(=O)[C@H](CC(C)C)NC(=O)CNC(=O)[C@@H]1CCCN1C(=O)[C@H](C)NC(=O)[C@H](CCCCN)NC(=O)[C@@H](N)[C@@H](C)O)C(=O)N1CCC[C@H]1C(=O)N[C@@H](Cc1ccc(O)cc1)C(=O)O. The lowest BCUT2D eigenvalue weighted by Gasteiger charge is -2.33. The van der Waals surface area contributed by atoms with Crippen LogP contribution in [-0.2, 0) is 49.6 Å². The molecule has 0 spiro atoms. The summed E-state index contributed by atoms with van der Waals surface area (Å²) in [5, 5.41) is 45.0. The minimum absolute atomic E-state index is 0.00261. The quantitative estimate of drug-likeness (QED) is 0.0471. The number of carboxylic acid groups (broad SMARTS) is 1. The minimum Gasteiger partial charge on any atom is -0.508 e. The van der Waals surface area contributed by atoms with Crippen LogP contribution >= 0.6 is 0 Å². The molecule has 2 heterocycles. The molecule has 0 radical (unpaired) electrons. The zero-order valence-corrected chi connectivity index (χ0v) is 40.1. The van der Waals surface area contributed by atoms with Crippen molar-refractivity contribution in [3.8, 4) is 5.75 Å². The van der Waals surface area contributed by atoms with Crippen molar-refractivity contribution in [2.24, 2.45) is 23.3 Å². The maximum atomic E-state index is 14.2. The Morgan fingerprint density at radius 3 is 1.88 bits per heavy atom. The second kappa shape index (κ2) is 27.2. The van der Waals surface area contributed by atoms with Crippen LogP contribution in [0.5, 0.6) is 5.75 Å². The summed E-state index contributed by atoms with van der Waals surface area (Å²) in [6.45, 7) is 10.3. The molecule has 0 aromatic heterocycles. The van der Waals surface area contributed by atoms with E-state index < -0.39 is 120 Å². The molecule has 2 fully saturated rings. The van der Waals surface area contributed by atoms with E-state index in [1.807, 2.05) is 20.8 Å². The first-order valence-corrected chi connectivity index (χ1v) is 23.6. The molecule has 2 aliphatic heterocycles. The Labute approximate surface area is 397 Å². The summed E-state index contributed by atoms with van der Waals surface area (Å²) in [5.74, 6) is -6.96. The van der Waals surface area contributed by atoms with Crippen LogP contribution in [0.3, 0.4) is 0 Å². The highest BCUT2D eigenvalue weighted by atomic mass is 16.4. The lowest BCUT2D eigenvalue weighted by Crippen LogP contribution is -2.59. The standard InChI is InChI=1S/C46H74N10O12/c1-7-26(4)38(45(66)56-21-11-14-35(56)42(63)53-33(46(67)68)23-29-15-17-30(58)18-16-29)54-40(61)32(22-25(2)3)51-36(59)24-49-41(62)34-13-10-20-55(34)44(65)27(5)50-39(60)31(12-8-9-19-47)52-43(64)37(48)28(6)57/h15-18,25-28,31-35,37-38,57-58H,7-14,19-24,47-48H2,1-6H3,(H,49,62)(H,50,60)(H,51,59)(H,52,64)(H,53,63)(H,54,61)(H,67,68)/t26-,27-,28+,31-,32-,33-,34-,35-,37-,38-/m0/s1. The maximum Gasteiger partial charge on any atom is 0.326 e. The predicted molar refractivity (Wildman–Crippen MR) is 249 cm³/mol. The smallest absolute Gasteiger partial charge is 0.326 e. The third kappa shape index (κ3) is 16.7. The Kier molecular flexibility index (Phi) is 22.6. The number of aliphatic hydroxyl groups is 1. The van der Waals surface area contributed by atoms with Crippen molar-refractivity contribution in [2.45, 2.75) is 160 Å². The summed E-state index contributed by atoms with van der Waals surface area (Å²) >= 11 is 0. The fourth-order valence-electron chi connectivity index (χ4n) is 8.16. The molecular weight excluding hydrogens is 885 g/mol. The lowest BCUT2D eigenvalue weighted by molar-refractivity contribution is -0.145. The van der Waals surface area contributed by atoms with E-state index in [4.69, 9.17) is 11.5 Å². The molecule has 13 N–H and O–H groups in total. The third-order valence-corrected chi connectivity index (χ3v) is 12.4. The topological polar surface area (TPSA) is 345 Å². The number of carbonyl (C=O) groups is 9. The monoisotopic (exact) mass is 959 g/mol. The summed E-state index contributed by atoms with van der Waals surface area (Å²) in [5.41, 5.74) is 11.9. The largest absolute Gasteiger partial charge is 0.508 e. The van der Waals surface area contributed by atoms with Gasteiger partial charge in [0.15, 0.2) is 0 Å². The number of carbonyl (C=O) groups excluding carboxylic acids is 8. The zero-order chi connectivity index (χ0) is 50.8. The molecule has 1 aromatic carbocycles. The van der Waals surface area contributed by atoms with E-state index in [0.717, 1.165) is 0 Å². The molecule has 0 aliphatic carbocycles. The summed E-state index contributed by atoms with van der Waals surface area (Å²) < 4.78 is 0. The van der Waals surface area contributed by atoms with Gasteiger partial charge in [-0.15, -0.1) is 0 Å². The average molecular weight is 959 g/mol. The number of hydrogen-bond acceptors (Lipinski definition) is 13. The van der Waals surface area contributed by atoms with Crippen LogP contribution in [0.25, 0.3) is 0 Å². The highest BCUT2D eigenvalue weighted by molar-refractivity contribution is 5.97. The van der Waals surface area contributed by atoms with Crippen LogP contribution in [-0.4, -0.2) is 159 Å². The van der Waals surface area contributed by atoms with Crippen molar-refractivity contribution < 1.29 is 58.5 Å². The van der Waals surface area contributed by atoms with E-state index in [1.54, 1.807) is 19.1 Å². The minimum atomic E-state index is -1.32. The average Bonchev–Trinajstić information content (AvgIpc) is 4.00. The number of benzene rings is 1. The summed E-state index contributed by atoms with van der Waals surface area (Å²) in [6.07, 6.45) is 2.09. The molecule has 380 valence electrons. The van der Waals surface area contributed by atoms with Crippen molar-refractivity contribution in [3.05, 3.63) is 29.8 Å². The first-order valence-electron chi connectivity index (χ1n) is 23.6. The van der Waals surface area contributed by atoms with E-state index in [2.05, 4.69) is 31.9 Å². The van der Waals surface area contributed by atoms with Gasteiger partial charge in [-0.2, -0.15) is 0 Å². The van der Waals surface area contributed by atoms with Crippen molar-refractivity contribution in [2.75, 3.05) is 26.2 Å². The summed E-state index contributed by atoms with van der Waals surface area (Å²) in [7, 11) is 0. The molecule has 2 saturated heterocycles. The molecule has 0 saturated carbocycles. The number of phenols is 1. The molecule has 68 heavy (non-hydrogen) atoms. The fourth-order valence-corrected chi connectivity index (χ4v) is 8.16. The number of likely N-dealkylation sites (tertiary alicyclic amines) is 2. The molecule has 0 bridgehead atoms. The number of hydrogen-bond donors (Lipinski definition) is 11. The predicted octanol–water partition coefficient (Wildman–Crippen LogP) is -1.51. The van der Waals surface area contributed by atoms with Crippen LogP contribution in [0.15, 0.2) is 24.3 Å². The van der Waals surface area contributed by atoms with Crippen LogP contribution in [0.2, 0.25) is 0 Å². The maximum absolute atomic E-state index is 14.2. The fraction of sp³-hybridized carbons (Fsp3) is 0.674. The van der Waals surface area contributed by atoms with Crippen molar-refractivity contribution in [1.82, 2.24) is 41.7 Å². The highest BCUT2D eigenvalue weighted by Gasteiger charge is 2.42. The van der Waals surface area contributed by atoms with Gasteiger partial charge < -0.3 is 68.5 Å². The lowest BCUT2D eigenvalue weighted by atomic mass is 9.96. The Balaban J connectivity index is 1.64. The zero-order valence-electron chi connectivity index (χ0n) is 40.1. The van der Waals surface area contributed by atoms with E-state index in [0.29, 0.717) is 44.2 Å². The number of aliphatic hydroxyl groups excluding tert-OH is 1. The molecule has 8 amide bonds. The van der Waals surface area contributed by atoms with Crippen LogP contribution in [0, 0.1) is 11.8 Å². The van der Waals surface area contributed by atoms with Crippen molar-refractivity contribution in [1.29, 1.82) is 0 Å². The number of nitrogens with two attached hydrogens (primary N) is 2. The molecule has 22 nitrogen and oxygen atoms in total. The van der Waals surface area contributed by atoms with Gasteiger partial charge in [-0.05, 0) is 101 Å². The first-order chi connectivity index (χ1) is 32.1. The number of nitrogens with zero attached hydrogens (tertiary/aromatic N) is 2. The van der Waals surface area contributed by atoms with Gasteiger partial charge >= 0.3 is 5.97 Å². The van der Waals surface area contributed by atoms with E-state index in [9.17, 15) is 58.5 Å². The summed E-state index contributed by atoms with van der Waals surface area (Å²) in [4.78, 5) is 123. The number of amides is 8. The molecular formula is C46H74N10O12. The van der Waals surface area contributed by atoms with Gasteiger partial charge in [0, 0.05) is 19.5 Å². The first kappa shape index (κ1) is 56.5. The normalized spacial score (nSPS) is 19.3. The van der Waals surface area contributed by atoms with Crippen LogP contribution in [0.1, 0.15) is 105 Å². The van der Waals surface area contributed by atoms with E-state index in [1.165, 1.54) is 35.8 Å². The second-order valence-electron chi connectivity index (χ2n) is 18.3. The molecule has 3 rings (SSSR count). The van der Waals surface area contributed by atoms with Gasteiger partial charge in [-0.3, -0.25) is 38.4 Å². The van der Waals surface area contributed by atoms with Gasteiger partial charge in [-0.25, -0.2) is 4.79 Å². The van der Waals surface area contributed by atoms with Gasteiger partial charge in [0.1, 0.15) is 54.1 Å². The number of aromatic hydroxyl groups is 1. The third-order valence-electron chi connectivity index (χ3n) is 12.4. The second-order valence-corrected chi connectivity index (χ2v) is 18.3.